The molecule has 2 aromatic heterocycles. The summed E-state index contributed by atoms with van der Waals surface area (Å²) in [6.07, 6.45) is 0.607. The van der Waals surface area contributed by atoms with Gasteiger partial charge in [-0.15, -0.1) is 22.7 Å². The van der Waals surface area contributed by atoms with Crippen molar-refractivity contribution in [2.45, 2.75) is 24.8 Å². The molecular formula is C12H17N3O2S3. The Morgan fingerprint density at radius 2 is 2.25 bits per heavy atom. The van der Waals surface area contributed by atoms with Crippen molar-refractivity contribution in [2.24, 2.45) is 0 Å². The third kappa shape index (κ3) is 4.10. The number of sulfonamides is 1. The van der Waals surface area contributed by atoms with Crippen LogP contribution in [0.15, 0.2) is 27.2 Å². The van der Waals surface area contributed by atoms with Crippen LogP contribution in [0.2, 0.25) is 0 Å². The molecular weight excluding hydrogens is 314 g/mol. The Bertz CT molecular complexity index is 620. The zero-order chi connectivity index (χ0) is 14.4. The van der Waals surface area contributed by atoms with E-state index in [1.165, 1.54) is 22.7 Å². The maximum Gasteiger partial charge on any atom is 0.241 e. The first-order valence-corrected chi connectivity index (χ1v) is 9.58. The quantitative estimate of drug-likeness (QED) is 0.774. The summed E-state index contributed by atoms with van der Waals surface area (Å²) in [6.45, 7) is 3.75. The van der Waals surface area contributed by atoms with Gasteiger partial charge in [0.1, 0.15) is 0 Å². The maximum atomic E-state index is 12.3. The first-order chi connectivity index (χ1) is 9.63. The number of hydrogen-bond acceptors (Lipinski definition) is 6. The predicted molar refractivity (Wildman–Crippen MR) is 82.7 cm³/mol. The Kier molecular flexibility index (Phi) is 5.67. The summed E-state index contributed by atoms with van der Waals surface area (Å²) in [6, 6.07) is 1.66. The molecule has 0 radical (unpaired) electrons. The number of rotatable bonds is 8. The molecule has 5 nitrogen and oxygen atoms in total. The molecule has 0 aromatic carbocycles. The van der Waals surface area contributed by atoms with Crippen LogP contribution < -0.4 is 10.0 Å². The van der Waals surface area contributed by atoms with E-state index in [1.807, 2.05) is 17.7 Å². The molecule has 0 aliphatic rings. The summed E-state index contributed by atoms with van der Waals surface area (Å²) in [5, 5.41) is 6.88. The molecule has 0 bridgehead atoms. The van der Waals surface area contributed by atoms with E-state index in [-0.39, 0.29) is 0 Å². The summed E-state index contributed by atoms with van der Waals surface area (Å²) in [7, 11) is -3.44. The topological polar surface area (TPSA) is 71.1 Å². The van der Waals surface area contributed by atoms with Gasteiger partial charge >= 0.3 is 0 Å². The Morgan fingerprint density at radius 3 is 2.95 bits per heavy atom. The molecule has 2 rings (SSSR count). The summed E-state index contributed by atoms with van der Waals surface area (Å²) >= 11 is 2.97. The molecule has 2 aromatic rings. The van der Waals surface area contributed by atoms with Gasteiger partial charge in [0, 0.05) is 29.8 Å². The molecule has 0 fully saturated rings. The first-order valence-electron chi connectivity index (χ1n) is 6.27. The van der Waals surface area contributed by atoms with Crippen molar-refractivity contribution in [3.63, 3.8) is 0 Å². The second kappa shape index (κ2) is 7.28. The molecule has 20 heavy (non-hydrogen) atoms. The number of nitrogens with one attached hydrogen (secondary N) is 2. The lowest BCUT2D eigenvalue weighted by atomic mass is 10.3. The summed E-state index contributed by atoms with van der Waals surface area (Å²) in [4.78, 5) is 5.35. The van der Waals surface area contributed by atoms with Crippen LogP contribution in [-0.4, -0.2) is 26.5 Å². The number of hydrogen-bond donors (Lipinski definition) is 2. The van der Waals surface area contributed by atoms with Crippen LogP contribution in [-0.2, 0) is 23.0 Å². The smallest absolute Gasteiger partial charge is 0.241 e. The van der Waals surface area contributed by atoms with Crippen molar-refractivity contribution >= 4 is 32.7 Å². The van der Waals surface area contributed by atoms with E-state index in [2.05, 4.69) is 15.0 Å². The van der Waals surface area contributed by atoms with E-state index in [9.17, 15) is 8.42 Å². The van der Waals surface area contributed by atoms with Crippen molar-refractivity contribution in [3.05, 3.63) is 32.9 Å². The van der Waals surface area contributed by atoms with Gasteiger partial charge in [-0.2, -0.15) is 0 Å². The van der Waals surface area contributed by atoms with Gasteiger partial charge in [-0.3, -0.25) is 0 Å². The highest BCUT2D eigenvalue weighted by molar-refractivity contribution is 7.89. The van der Waals surface area contributed by atoms with E-state index in [0.29, 0.717) is 24.4 Å². The molecule has 0 saturated heterocycles. The lowest BCUT2D eigenvalue weighted by molar-refractivity contribution is 0.580. The van der Waals surface area contributed by atoms with Crippen LogP contribution in [0.4, 0.5) is 0 Å². The van der Waals surface area contributed by atoms with Crippen LogP contribution in [0.5, 0.6) is 0 Å². The third-order valence-electron chi connectivity index (χ3n) is 2.69. The lowest BCUT2D eigenvalue weighted by Gasteiger charge is -2.07. The second-order valence-corrected chi connectivity index (χ2v) is 7.57. The van der Waals surface area contributed by atoms with Crippen LogP contribution in [0.1, 0.15) is 17.5 Å². The van der Waals surface area contributed by atoms with Gasteiger partial charge in [0.15, 0.2) is 0 Å². The molecule has 0 unspecified atom stereocenters. The molecule has 110 valence electrons. The van der Waals surface area contributed by atoms with Crippen molar-refractivity contribution in [2.75, 3.05) is 13.1 Å². The predicted octanol–water partition coefficient (Wildman–Crippen LogP) is 1.84. The Morgan fingerprint density at radius 1 is 1.40 bits per heavy atom. The molecule has 0 aliphatic carbocycles. The third-order valence-corrected chi connectivity index (χ3v) is 5.92. The first kappa shape index (κ1) is 15.6. The summed E-state index contributed by atoms with van der Waals surface area (Å²) < 4.78 is 27.1. The summed E-state index contributed by atoms with van der Waals surface area (Å²) in [5.41, 5.74) is 2.66. The largest absolute Gasteiger partial charge is 0.312 e. The van der Waals surface area contributed by atoms with E-state index in [0.717, 1.165) is 17.1 Å². The number of aromatic nitrogens is 1. The van der Waals surface area contributed by atoms with Gasteiger partial charge in [-0.1, -0.05) is 6.92 Å². The van der Waals surface area contributed by atoms with Crippen molar-refractivity contribution in [1.29, 1.82) is 0 Å². The Balaban J connectivity index is 1.97. The molecule has 0 spiro atoms. The fourth-order valence-corrected chi connectivity index (χ4v) is 4.72. The fraction of sp³-hybridized carbons (Fsp3) is 0.417. The SMILES string of the molecule is CCNCc1sccc1S(=O)(=O)NCCc1cscn1. The average Bonchev–Trinajstić information content (AvgIpc) is 3.07. The minimum Gasteiger partial charge on any atom is -0.312 e. The fourth-order valence-electron chi connectivity index (χ4n) is 1.69. The molecule has 0 amide bonds. The van der Waals surface area contributed by atoms with E-state index in [4.69, 9.17) is 0 Å². The molecule has 2 heterocycles. The van der Waals surface area contributed by atoms with Crippen molar-refractivity contribution in [3.8, 4) is 0 Å². The zero-order valence-corrected chi connectivity index (χ0v) is 13.6. The second-order valence-electron chi connectivity index (χ2n) is 4.12. The van der Waals surface area contributed by atoms with Crippen LogP contribution in [0.3, 0.4) is 0 Å². The highest BCUT2D eigenvalue weighted by Gasteiger charge is 2.18. The van der Waals surface area contributed by atoms with Gasteiger partial charge in [0.2, 0.25) is 10.0 Å². The van der Waals surface area contributed by atoms with Gasteiger partial charge in [0.05, 0.1) is 16.1 Å². The van der Waals surface area contributed by atoms with Crippen LogP contribution >= 0.6 is 22.7 Å². The van der Waals surface area contributed by atoms with Gasteiger partial charge in [-0.25, -0.2) is 18.1 Å². The summed E-state index contributed by atoms with van der Waals surface area (Å²) in [5.74, 6) is 0. The lowest BCUT2D eigenvalue weighted by Crippen LogP contribution is -2.27. The zero-order valence-electron chi connectivity index (χ0n) is 11.1. The highest BCUT2D eigenvalue weighted by atomic mass is 32.2. The minimum absolute atomic E-state index is 0.364. The Hall–Kier alpha value is -0.800. The van der Waals surface area contributed by atoms with Gasteiger partial charge in [-0.05, 0) is 18.0 Å². The molecule has 0 atom stereocenters. The molecule has 2 N–H and O–H groups in total. The molecule has 0 aliphatic heterocycles. The number of nitrogens with zero attached hydrogens (tertiary/aromatic N) is 1. The van der Waals surface area contributed by atoms with Gasteiger partial charge < -0.3 is 5.32 Å². The standard InChI is InChI=1S/C12H17N3O2S3/c1-2-13-7-11-12(4-6-19-11)20(16,17)15-5-3-10-8-18-9-14-10/h4,6,8-9,13,15H,2-3,5,7H2,1H3. The number of thiophene rings is 1. The maximum absolute atomic E-state index is 12.3. The van der Waals surface area contributed by atoms with Crippen molar-refractivity contribution in [1.82, 2.24) is 15.0 Å². The van der Waals surface area contributed by atoms with Gasteiger partial charge in [0.25, 0.3) is 0 Å². The van der Waals surface area contributed by atoms with E-state index in [1.54, 1.807) is 11.6 Å². The Labute approximate surface area is 127 Å². The average molecular weight is 331 g/mol. The number of thiazole rings is 1. The van der Waals surface area contributed by atoms with Crippen LogP contribution in [0.25, 0.3) is 0 Å². The van der Waals surface area contributed by atoms with E-state index >= 15 is 0 Å². The van der Waals surface area contributed by atoms with E-state index < -0.39 is 10.0 Å². The molecule has 0 saturated carbocycles. The van der Waals surface area contributed by atoms with Crippen LogP contribution in [0, 0.1) is 0 Å². The van der Waals surface area contributed by atoms with Crippen molar-refractivity contribution < 1.29 is 8.42 Å². The highest BCUT2D eigenvalue weighted by Crippen LogP contribution is 2.21. The minimum atomic E-state index is -3.44. The molecule has 8 heteroatoms. The monoisotopic (exact) mass is 331 g/mol. The normalized spacial score (nSPS) is 11.8.